The van der Waals surface area contributed by atoms with Gasteiger partial charge in [-0.15, -0.1) is 0 Å². The summed E-state index contributed by atoms with van der Waals surface area (Å²) in [6.07, 6.45) is 3.44. The molecule has 0 aliphatic carbocycles. The average Bonchev–Trinajstić information content (AvgIpc) is 2.97. The van der Waals surface area contributed by atoms with Crippen LogP contribution in [0.15, 0.2) is 22.8 Å². The molecule has 1 aliphatic heterocycles. The van der Waals surface area contributed by atoms with E-state index < -0.39 is 0 Å². The summed E-state index contributed by atoms with van der Waals surface area (Å²) in [5.41, 5.74) is 0. The van der Waals surface area contributed by atoms with Gasteiger partial charge in [0.15, 0.2) is 0 Å². The van der Waals surface area contributed by atoms with E-state index in [-0.39, 0.29) is 12.1 Å². The number of aryl methyl sites for hydroxylation is 1. The van der Waals surface area contributed by atoms with Gasteiger partial charge in [0.2, 0.25) is 0 Å². The molecule has 0 spiro atoms. The molecule has 1 aromatic rings. The van der Waals surface area contributed by atoms with E-state index in [1.165, 1.54) is 0 Å². The molecule has 0 bridgehead atoms. The van der Waals surface area contributed by atoms with Crippen molar-refractivity contribution in [2.24, 2.45) is 0 Å². The Kier molecular flexibility index (Phi) is 4.85. The second kappa shape index (κ2) is 6.61. The monoisotopic (exact) mass is 266 g/mol. The number of furan rings is 1. The van der Waals surface area contributed by atoms with Crippen LogP contribution in [0.1, 0.15) is 19.1 Å². The molecule has 1 aromatic heterocycles. The highest BCUT2D eigenvalue weighted by atomic mass is 16.5. The fraction of sp³-hybridized carbons (Fsp3) is 0.643. The number of hydrogen-bond donors (Lipinski definition) is 0. The maximum absolute atomic E-state index is 12.3. The Labute approximate surface area is 114 Å². The molecule has 106 valence electrons. The molecular weight excluding hydrogens is 244 g/mol. The third-order valence-electron chi connectivity index (χ3n) is 3.63. The van der Waals surface area contributed by atoms with E-state index in [2.05, 4.69) is 6.92 Å². The van der Waals surface area contributed by atoms with Gasteiger partial charge in [-0.1, -0.05) is 0 Å². The maximum atomic E-state index is 12.3. The first kappa shape index (κ1) is 13.9. The molecule has 2 heterocycles. The van der Waals surface area contributed by atoms with Gasteiger partial charge in [-0.2, -0.15) is 0 Å². The molecule has 2 rings (SSSR count). The van der Waals surface area contributed by atoms with Crippen molar-refractivity contribution in [1.82, 2.24) is 9.80 Å². The molecule has 1 unspecified atom stereocenters. The van der Waals surface area contributed by atoms with Crippen LogP contribution in [0.25, 0.3) is 0 Å². The molecule has 19 heavy (non-hydrogen) atoms. The average molecular weight is 266 g/mol. The molecular formula is C14H22N2O3. The van der Waals surface area contributed by atoms with Gasteiger partial charge < -0.3 is 19.0 Å². The number of carbonyl (C=O) groups is 1. The Hall–Kier alpha value is -1.49. The first-order valence-electron chi connectivity index (χ1n) is 6.80. The molecule has 5 heteroatoms. The van der Waals surface area contributed by atoms with E-state index in [4.69, 9.17) is 9.15 Å². The lowest BCUT2D eigenvalue weighted by molar-refractivity contribution is 0.0423. The molecule has 1 fully saturated rings. The van der Waals surface area contributed by atoms with Crippen LogP contribution in [0, 0.1) is 0 Å². The van der Waals surface area contributed by atoms with Crippen molar-refractivity contribution in [1.29, 1.82) is 0 Å². The summed E-state index contributed by atoms with van der Waals surface area (Å²) in [5, 5.41) is 0. The molecule has 1 aliphatic rings. The summed E-state index contributed by atoms with van der Waals surface area (Å²) in [4.78, 5) is 15.9. The number of carbonyl (C=O) groups excluding carboxylic acids is 1. The van der Waals surface area contributed by atoms with Gasteiger partial charge in [0.1, 0.15) is 5.76 Å². The largest absolute Gasteiger partial charge is 0.469 e. The lowest BCUT2D eigenvalue weighted by atomic mass is 10.1. The summed E-state index contributed by atoms with van der Waals surface area (Å²) in [6, 6.07) is 4.15. The third-order valence-corrected chi connectivity index (χ3v) is 3.63. The second-order valence-electron chi connectivity index (χ2n) is 4.96. The molecule has 1 saturated heterocycles. The number of rotatable bonds is 4. The van der Waals surface area contributed by atoms with Crippen LogP contribution in [0.4, 0.5) is 4.79 Å². The quantitative estimate of drug-likeness (QED) is 0.837. The summed E-state index contributed by atoms with van der Waals surface area (Å²) >= 11 is 0. The number of amides is 2. The standard InChI is InChI=1S/C14H22N2O3/c1-12(5-6-13-4-3-9-19-13)15(2)14(17)16-7-10-18-11-8-16/h3-4,9,12H,5-8,10-11H2,1-2H3. The minimum atomic E-state index is 0.0928. The van der Waals surface area contributed by atoms with Crippen LogP contribution < -0.4 is 0 Å². The minimum Gasteiger partial charge on any atom is -0.469 e. The molecule has 1 atom stereocenters. The molecule has 2 amide bonds. The normalized spacial score (nSPS) is 17.3. The number of morpholine rings is 1. The zero-order chi connectivity index (χ0) is 13.7. The predicted octanol–water partition coefficient (Wildman–Crippen LogP) is 1.98. The Morgan fingerprint density at radius 3 is 2.84 bits per heavy atom. The zero-order valence-corrected chi connectivity index (χ0v) is 11.7. The van der Waals surface area contributed by atoms with Crippen molar-refractivity contribution >= 4 is 6.03 Å². The van der Waals surface area contributed by atoms with Gasteiger partial charge in [0, 0.05) is 32.6 Å². The van der Waals surface area contributed by atoms with Crippen LogP contribution in [0.5, 0.6) is 0 Å². The molecule has 0 radical (unpaired) electrons. The van der Waals surface area contributed by atoms with Crippen LogP contribution in [-0.4, -0.2) is 55.2 Å². The summed E-state index contributed by atoms with van der Waals surface area (Å²) < 4.78 is 10.6. The van der Waals surface area contributed by atoms with Gasteiger partial charge in [-0.25, -0.2) is 4.79 Å². The number of nitrogens with zero attached hydrogens (tertiary/aromatic N) is 2. The van der Waals surface area contributed by atoms with E-state index in [1.807, 2.05) is 29.0 Å². The maximum Gasteiger partial charge on any atom is 0.320 e. The highest BCUT2D eigenvalue weighted by Gasteiger charge is 2.23. The van der Waals surface area contributed by atoms with E-state index in [9.17, 15) is 4.79 Å². The van der Waals surface area contributed by atoms with Crippen molar-refractivity contribution in [3.8, 4) is 0 Å². The van der Waals surface area contributed by atoms with E-state index in [0.717, 1.165) is 18.6 Å². The smallest absolute Gasteiger partial charge is 0.320 e. The Morgan fingerprint density at radius 1 is 1.47 bits per heavy atom. The van der Waals surface area contributed by atoms with Crippen molar-refractivity contribution in [3.63, 3.8) is 0 Å². The van der Waals surface area contributed by atoms with Crippen molar-refractivity contribution in [3.05, 3.63) is 24.2 Å². The van der Waals surface area contributed by atoms with E-state index in [0.29, 0.717) is 26.3 Å². The minimum absolute atomic E-state index is 0.0928. The van der Waals surface area contributed by atoms with Gasteiger partial charge in [-0.05, 0) is 25.5 Å². The Balaban J connectivity index is 1.80. The lowest BCUT2D eigenvalue weighted by Crippen LogP contribution is -2.49. The van der Waals surface area contributed by atoms with Crippen LogP contribution in [-0.2, 0) is 11.2 Å². The first-order valence-corrected chi connectivity index (χ1v) is 6.80. The summed E-state index contributed by atoms with van der Waals surface area (Å²) in [5.74, 6) is 0.971. The van der Waals surface area contributed by atoms with Crippen LogP contribution in [0.3, 0.4) is 0 Å². The topological polar surface area (TPSA) is 45.9 Å². The Bertz CT molecular complexity index is 385. The lowest BCUT2D eigenvalue weighted by Gasteiger charge is -2.33. The highest BCUT2D eigenvalue weighted by molar-refractivity contribution is 5.74. The first-order chi connectivity index (χ1) is 9.18. The molecule has 5 nitrogen and oxygen atoms in total. The summed E-state index contributed by atoms with van der Waals surface area (Å²) in [7, 11) is 1.87. The fourth-order valence-corrected chi connectivity index (χ4v) is 2.17. The van der Waals surface area contributed by atoms with Crippen molar-refractivity contribution in [2.75, 3.05) is 33.4 Å². The van der Waals surface area contributed by atoms with Gasteiger partial charge in [-0.3, -0.25) is 0 Å². The second-order valence-corrected chi connectivity index (χ2v) is 4.96. The summed E-state index contributed by atoms with van der Waals surface area (Å²) in [6.45, 7) is 4.73. The van der Waals surface area contributed by atoms with Gasteiger partial charge in [0.25, 0.3) is 0 Å². The van der Waals surface area contributed by atoms with Gasteiger partial charge in [0.05, 0.1) is 19.5 Å². The van der Waals surface area contributed by atoms with Crippen LogP contribution >= 0.6 is 0 Å². The third kappa shape index (κ3) is 3.73. The molecule has 0 saturated carbocycles. The number of ether oxygens (including phenoxy) is 1. The Morgan fingerprint density at radius 2 is 2.21 bits per heavy atom. The molecule has 0 aromatic carbocycles. The SMILES string of the molecule is CC(CCc1ccco1)N(C)C(=O)N1CCOCC1. The molecule has 0 N–H and O–H groups in total. The van der Waals surface area contributed by atoms with Crippen molar-refractivity contribution < 1.29 is 13.9 Å². The fourth-order valence-electron chi connectivity index (χ4n) is 2.17. The number of urea groups is 1. The van der Waals surface area contributed by atoms with Gasteiger partial charge >= 0.3 is 6.03 Å². The van der Waals surface area contributed by atoms with E-state index in [1.54, 1.807) is 6.26 Å². The number of hydrogen-bond acceptors (Lipinski definition) is 3. The van der Waals surface area contributed by atoms with Crippen molar-refractivity contribution in [2.45, 2.75) is 25.8 Å². The zero-order valence-electron chi connectivity index (χ0n) is 11.7. The predicted molar refractivity (Wildman–Crippen MR) is 72.0 cm³/mol. The van der Waals surface area contributed by atoms with Crippen LogP contribution in [0.2, 0.25) is 0 Å². The van der Waals surface area contributed by atoms with E-state index >= 15 is 0 Å². The highest BCUT2D eigenvalue weighted by Crippen LogP contribution is 2.11.